The van der Waals surface area contributed by atoms with Crippen molar-refractivity contribution >= 4 is 17.6 Å². The number of nitrogens with zero attached hydrogens (tertiary/aromatic N) is 3. The van der Waals surface area contributed by atoms with Crippen molar-refractivity contribution in [2.24, 2.45) is 21.4 Å². The molecular weight excluding hydrogens is 288 g/mol. The molecule has 2 N–H and O–H groups in total. The quantitative estimate of drug-likeness (QED) is 0.516. The molecule has 2 rings (SSSR count). The van der Waals surface area contributed by atoms with Crippen LogP contribution in [-0.4, -0.2) is 45.3 Å². The molecule has 5 heteroatoms. The number of benzene rings is 1. The Morgan fingerprint density at radius 2 is 2.17 bits per heavy atom. The van der Waals surface area contributed by atoms with Crippen molar-refractivity contribution < 1.29 is 4.74 Å². The minimum absolute atomic E-state index is 0.187. The Morgan fingerprint density at radius 3 is 2.74 bits per heavy atom. The van der Waals surface area contributed by atoms with Gasteiger partial charge in [-0.3, -0.25) is 4.99 Å². The van der Waals surface area contributed by atoms with E-state index in [1.54, 1.807) is 6.21 Å². The number of aryl methyl sites for hydroxylation is 1. The highest BCUT2D eigenvalue weighted by Gasteiger charge is 2.31. The van der Waals surface area contributed by atoms with E-state index in [4.69, 9.17) is 10.6 Å². The predicted molar refractivity (Wildman–Crippen MR) is 97.7 cm³/mol. The van der Waals surface area contributed by atoms with Crippen molar-refractivity contribution in [1.82, 2.24) is 0 Å². The molecule has 0 amide bonds. The lowest BCUT2D eigenvalue weighted by Crippen LogP contribution is -2.17. The fourth-order valence-electron chi connectivity index (χ4n) is 2.85. The van der Waals surface area contributed by atoms with Gasteiger partial charge in [0.05, 0.1) is 19.3 Å². The number of hydrogen-bond acceptors (Lipinski definition) is 5. The van der Waals surface area contributed by atoms with Gasteiger partial charge in [0.1, 0.15) is 5.71 Å². The first-order valence-electron chi connectivity index (χ1n) is 8.00. The van der Waals surface area contributed by atoms with Gasteiger partial charge in [-0.05, 0) is 30.4 Å². The molecule has 0 spiro atoms. The summed E-state index contributed by atoms with van der Waals surface area (Å²) in [5.41, 5.74) is 4.21. The zero-order valence-corrected chi connectivity index (χ0v) is 14.8. The molecule has 23 heavy (non-hydrogen) atoms. The molecule has 0 radical (unpaired) electrons. The molecular formula is C18H28N4O. The van der Waals surface area contributed by atoms with Crippen LogP contribution in [0.15, 0.2) is 28.3 Å². The van der Waals surface area contributed by atoms with E-state index >= 15 is 0 Å². The van der Waals surface area contributed by atoms with Gasteiger partial charge in [-0.25, -0.2) is 0 Å². The smallest absolute Gasteiger partial charge is 0.110 e. The first-order chi connectivity index (χ1) is 10.8. The van der Waals surface area contributed by atoms with Crippen LogP contribution in [0.2, 0.25) is 0 Å². The summed E-state index contributed by atoms with van der Waals surface area (Å²) in [5, 5.41) is 3.92. The molecule has 1 fully saturated rings. The average molecular weight is 316 g/mol. The van der Waals surface area contributed by atoms with Crippen LogP contribution in [0.1, 0.15) is 31.4 Å². The van der Waals surface area contributed by atoms with E-state index in [9.17, 15) is 0 Å². The van der Waals surface area contributed by atoms with Gasteiger partial charge >= 0.3 is 0 Å². The Labute approximate surface area is 139 Å². The Hall–Kier alpha value is -1.88. The Morgan fingerprint density at radius 1 is 1.43 bits per heavy atom. The summed E-state index contributed by atoms with van der Waals surface area (Å²) in [5.74, 6) is 5.60. The van der Waals surface area contributed by atoms with Crippen molar-refractivity contribution in [2.45, 2.75) is 33.3 Å². The van der Waals surface area contributed by atoms with E-state index in [2.05, 4.69) is 47.9 Å². The van der Waals surface area contributed by atoms with Crippen LogP contribution in [0.3, 0.4) is 0 Å². The molecule has 0 bridgehead atoms. The molecule has 1 aromatic carbocycles. The molecule has 126 valence electrons. The second kappa shape index (κ2) is 7.13. The monoisotopic (exact) mass is 316 g/mol. The highest BCUT2D eigenvalue weighted by atomic mass is 16.5. The molecule has 0 aromatic heterocycles. The summed E-state index contributed by atoms with van der Waals surface area (Å²) in [6.45, 7) is 7.96. The van der Waals surface area contributed by atoms with E-state index in [-0.39, 0.29) is 11.5 Å². The van der Waals surface area contributed by atoms with Gasteiger partial charge in [0.15, 0.2) is 0 Å². The van der Waals surface area contributed by atoms with Crippen molar-refractivity contribution in [2.75, 3.05) is 32.1 Å². The maximum atomic E-state index is 5.77. The number of ether oxygens (including phenoxy) is 1. The largest absolute Gasteiger partial charge is 0.377 e. The van der Waals surface area contributed by atoms with Gasteiger partial charge in [-0.2, -0.15) is 5.10 Å². The number of nitrogens with two attached hydrogens (primary N) is 1. The maximum absolute atomic E-state index is 5.77. The zero-order valence-electron chi connectivity index (χ0n) is 14.8. The standard InChI is InChI=1S/C18H28N4O/c1-13-6-7-15(17(8-13)22(4)5)16(21-19)11-20-10-14-9-18(2,3)12-23-14/h6-8,11,14H,9-10,12,19H2,1-5H3/b20-11?,21-16+. The highest BCUT2D eigenvalue weighted by molar-refractivity contribution is 6.39. The number of hydrogen-bond donors (Lipinski definition) is 1. The first kappa shape index (κ1) is 17.5. The third-order valence-corrected chi connectivity index (χ3v) is 4.06. The van der Waals surface area contributed by atoms with Crippen molar-refractivity contribution in [1.29, 1.82) is 0 Å². The Bertz CT molecular complexity index is 605. The molecule has 1 aromatic rings. The third kappa shape index (κ3) is 4.55. The van der Waals surface area contributed by atoms with E-state index in [1.165, 1.54) is 5.56 Å². The molecule has 1 aliphatic rings. The molecule has 5 nitrogen and oxygen atoms in total. The third-order valence-electron chi connectivity index (χ3n) is 4.06. The minimum Gasteiger partial charge on any atom is -0.377 e. The summed E-state index contributed by atoms with van der Waals surface area (Å²) >= 11 is 0. The van der Waals surface area contributed by atoms with Gasteiger partial charge in [-0.15, -0.1) is 0 Å². The van der Waals surface area contributed by atoms with Crippen LogP contribution in [0, 0.1) is 12.3 Å². The fourth-order valence-corrected chi connectivity index (χ4v) is 2.85. The van der Waals surface area contributed by atoms with Gasteiger partial charge in [0, 0.05) is 31.6 Å². The average Bonchev–Trinajstić information content (AvgIpc) is 2.83. The molecule has 1 atom stereocenters. The van der Waals surface area contributed by atoms with Gasteiger partial charge < -0.3 is 15.5 Å². The second-order valence-electron chi connectivity index (χ2n) is 7.22. The number of aliphatic imine (C=N–C) groups is 1. The van der Waals surface area contributed by atoms with Crippen LogP contribution in [-0.2, 0) is 4.74 Å². The Kier molecular flexibility index (Phi) is 5.42. The van der Waals surface area contributed by atoms with Crippen LogP contribution in [0.5, 0.6) is 0 Å². The molecule has 1 saturated heterocycles. The van der Waals surface area contributed by atoms with Crippen molar-refractivity contribution in [3.05, 3.63) is 29.3 Å². The van der Waals surface area contributed by atoms with Gasteiger partial charge in [-0.1, -0.05) is 26.0 Å². The van der Waals surface area contributed by atoms with E-state index in [0.29, 0.717) is 12.3 Å². The molecule has 1 aliphatic heterocycles. The Balaban J connectivity index is 2.11. The maximum Gasteiger partial charge on any atom is 0.110 e. The SMILES string of the molecule is Cc1ccc(/C(C=NCC2CC(C)(C)CO2)=N/N)c(N(C)C)c1. The lowest BCUT2D eigenvalue weighted by atomic mass is 9.91. The molecule has 1 heterocycles. The number of hydrazone groups is 1. The topological polar surface area (TPSA) is 63.2 Å². The summed E-state index contributed by atoms with van der Waals surface area (Å²) in [7, 11) is 4.02. The first-order valence-corrected chi connectivity index (χ1v) is 8.00. The number of rotatable bonds is 5. The van der Waals surface area contributed by atoms with Crippen LogP contribution in [0.4, 0.5) is 5.69 Å². The van der Waals surface area contributed by atoms with E-state index in [0.717, 1.165) is 24.3 Å². The molecule has 0 saturated carbocycles. The van der Waals surface area contributed by atoms with Crippen molar-refractivity contribution in [3.63, 3.8) is 0 Å². The summed E-state index contributed by atoms with van der Waals surface area (Å²) in [6.07, 6.45) is 2.98. The number of anilines is 1. The summed E-state index contributed by atoms with van der Waals surface area (Å²) in [6, 6.07) is 6.22. The zero-order chi connectivity index (χ0) is 17.0. The minimum atomic E-state index is 0.187. The van der Waals surface area contributed by atoms with Gasteiger partial charge in [0.2, 0.25) is 0 Å². The normalized spacial score (nSPS) is 21.1. The lowest BCUT2D eigenvalue weighted by Gasteiger charge is -2.18. The lowest BCUT2D eigenvalue weighted by molar-refractivity contribution is 0.105. The predicted octanol–water partition coefficient (Wildman–Crippen LogP) is 2.61. The molecule has 1 unspecified atom stereocenters. The van der Waals surface area contributed by atoms with Crippen LogP contribution < -0.4 is 10.7 Å². The van der Waals surface area contributed by atoms with Crippen molar-refractivity contribution in [3.8, 4) is 0 Å². The second-order valence-corrected chi connectivity index (χ2v) is 7.22. The highest BCUT2D eigenvalue weighted by Crippen LogP contribution is 2.31. The molecule has 0 aliphatic carbocycles. The van der Waals surface area contributed by atoms with E-state index in [1.807, 2.05) is 20.2 Å². The van der Waals surface area contributed by atoms with E-state index < -0.39 is 0 Å². The summed E-state index contributed by atoms with van der Waals surface area (Å²) in [4.78, 5) is 6.57. The summed E-state index contributed by atoms with van der Waals surface area (Å²) < 4.78 is 5.77. The van der Waals surface area contributed by atoms with Crippen LogP contribution >= 0.6 is 0 Å². The van der Waals surface area contributed by atoms with Crippen LogP contribution in [0.25, 0.3) is 0 Å². The van der Waals surface area contributed by atoms with Gasteiger partial charge in [0.25, 0.3) is 0 Å². The fraction of sp³-hybridized carbons (Fsp3) is 0.556.